The maximum Gasteiger partial charge on any atom is 0.231 e. The summed E-state index contributed by atoms with van der Waals surface area (Å²) in [6.45, 7) is 1.40. The van der Waals surface area contributed by atoms with Crippen LogP contribution < -0.4 is 14.8 Å². The van der Waals surface area contributed by atoms with E-state index in [0.29, 0.717) is 56.5 Å². The van der Waals surface area contributed by atoms with E-state index in [0.717, 1.165) is 17.7 Å². The highest BCUT2D eigenvalue weighted by Gasteiger charge is 2.39. The number of nitrogens with one attached hydrogen (secondary N) is 1. The van der Waals surface area contributed by atoms with Gasteiger partial charge >= 0.3 is 0 Å². The minimum absolute atomic E-state index is 0.0268. The van der Waals surface area contributed by atoms with Crippen LogP contribution in [0.3, 0.4) is 0 Å². The van der Waals surface area contributed by atoms with Crippen molar-refractivity contribution >= 4 is 11.8 Å². The predicted molar refractivity (Wildman–Crippen MR) is 116 cm³/mol. The summed E-state index contributed by atoms with van der Waals surface area (Å²) in [6.07, 6.45) is 3.51. The van der Waals surface area contributed by atoms with Crippen LogP contribution in [0, 0.1) is 5.82 Å². The molecule has 0 aliphatic carbocycles. The summed E-state index contributed by atoms with van der Waals surface area (Å²) in [5.41, 5.74) is 1.29. The molecule has 0 bridgehead atoms. The molecule has 2 aromatic rings. The van der Waals surface area contributed by atoms with E-state index >= 15 is 0 Å². The topological polar surface area (TPSA) is 67.9 Å². The number of benzene rings is 2. The van der Waals surface area contributed by atoms with E-state index in [1.165, 1.54) is 6.07 Å². The van der Waals surface area contributed by atoms with E-state index in [4.69, 9.17) is 9.47 Å². The Morgan fingerprint density at radius 2 is 2.03 bits per heavy atom. The van der Waals surface area contributed by atoms with Crippen molar-refractivity contribution in [3.63, 3.8) is 0 Å². The molecule has 0 aromatic heterocycles. The Balaban J connectivity index is 1.23. The number of halogens is 1. The van der Waals surface area contributed by atoms with Crippen molar-refractivity contribution in [3.8, 4) is 11.5 Å². The van der Waals surface area contributed by atoms with Crippen molar-refractivity contribution in [1.29, 1.82) is 0 Å². The molecule has 0 spiro atoms. The first kappa shape index (κ1) is 20.8. The zero-order chi connectivity index (χ0) is 22.1. The molecule has 3 aliphatic heterocycles. The van der Waals surface area contributed by atoms with Crippen LogP contribution in [0.4, 0.5) is 4.39 Å². The zero-order valence-electron chi connectivity index (χ0n) is 17.9. The van der Waals surface area contributed by atoms with Gasteiger partial charge in [-0.1, -0.05) is 24.3 Å². The number of ether oxygens (including phenoxy) is 2. The van der Waals surface area contributed by atoms with E-state index in [1.54, 1.807) is 6.07 Å². The average Bonchev–Trinajstić information content (AvgIpc) is 3.53. The molecular formula is C25H27FN2O4. The average molecular weight is 438 g/mol. The molecule has 2 saturated heterocycles. The minimum Gasteiger partial charge on any atom is -0.454 e. The predicted octanol–water partition coefficient (Wildman–Crippen LogP) is 3.54. The number of nitrogens with zero attached hydrogens (tertiary/aromatic N) is 1. The Morgan fingerprint density at radius 1 is 1.19 bits per heavy atom. The van der Waals surface area contributed by atoms with Gasteiger partial charge in [-0.05, 0) is 55.0 Å². The fourth-order valence-corrected chi connectivity index (χ4v) is 5.17. The molecule has 3 aliphatic rings. The van der Waals surface area contributed by atoms with Crippen LogP contribution in [0.5, 0.6) is 11.5 Å². The van der Waals surface area contributed by atoms with Gasteiger partial charge in [0.25, 0.3) is 0 Å². The summed E-state index contributed by atoms with van der Waals surface area (Å²) in [4.78, 5) is 26.9. The Hall–Kier alpha value is -3.09. The smallest absolute Gasteiger partial charge is 0.231 e. The Bertz CT molecular complexity index is 1040. The minimum atomic E-state index is -0.439. The lowest BCUT2D eigenvalue weighted by atomic mass is 9.84. The number of rotatable bonds is 6. The van der Waals surface area contributed by atoms with E-state index in [9.17, 15) is 14.0 Å². The molecule has 2 atom stereocenters. The van der Waals surface area contributed by atoms with Crippen LogP contribution >= 0.6 is 0 Å². The molecule has 2 fully saturated rings. The highest BCUT2D eigenvalue weighted by atomic mass is 19.1. The molecule has 168 valence electrons. The van der Waals surface area contributed by atoms with Crippen molar-refractivity contribution < 1.29 is 23.5 Å². The molecule has 3 heterocycles. The summed E-state index contributed by atoms with van der Waals surface area (Å²) in [6, 6.07) is 12.6. The van der Waals surface area contributed by atoms with Gasteiger partial charge < -0.3 is 19.7 Å². The van der Waals surface area contributed by atoms with Gasteiger partial charge in [-0.25, -0.2) is 4.39 Å². The fraction of sp³-hybridized carbons (Fsp3) is 0.440. The first-order valence-electron chi connectivity index (χ1n) is 11.2. The molecule has 2 aromatic carbocycles. The number of hydrogen-bond donors (Lipinski definition) is 1. The molecule has 6 nitrogen and oxygen atoms in total. The Kier molecular flexibility index (Phi) is 5.49. The summed E-state index contributed by atoms with van der Waals surface area (Å²) in [7, 11) is 0. The summed E-state index contributed by atoms with van der Waals surface area (Å²) in [5, 5.41) is 3.14. The molecule has 32 heavy (non-hydrogen) atoms. The number of fused-ring (bicyclic) bond motifs is 1. The quantitative estimate of drug-likeness (QED) is 0.749. The molecule has 5 rings (SSSR count). The molecule has 2 unspecified atom stereocenters. The molecule has 1 N–H and O–H groups in total. The van der Waals surface area contributed by atoms with Gasteiger partial charge in [-0.3, -0.25) is 9.59 Å². The number of carbonyl (C=O) groups excluding carboxylic acids is 2. The second kappa shape index (κ2) is 8.45. The normalized spacial score (nSPS) is 24.1. The third-order valence-corrected chi connectivity index (χ3v) is 6.92. The van der Waals surface area contributed by atoms with Gasteiger partial charge in [0.05, 0.1) is 0 Å². The van der Waals surface area contributed by atoms with Crippen LogP contribution in [0.15, 0.2) is 42.5 Å². The molecular weight excluding hydrogens is 411 g/mol. The van der Waals surface area contributed by atoms with Gasteiger partial charge in [0.15, 0.2) is 11.5 Å². The summed E-state index contributed by atoms with van der Waals surface area (Å²) >= 11 is 0. The molecule has 7 heteroatoms. The van der Waals surface area contributed by atoms with Crippen molar-refractivity contribution in [2.24, 2.45) is 0 Å². The lowest BCUT2D eigenvalue weighted by Gasteiger charge is -2.30. The Morgan fingerprint density at radius 3 is 2.84 bits per heavy atom. The molecule has 0 radical (unpaired) electrons. The van der Waals surface area contributed by atoms with Gasteiger partial charge in [-0.15, -0.1) is 0 Å². The monoisotopic (exact) mass is 438 g/mol. The van der Waals surface area contributed by atoms with Crippen molar-refractivity contribution in [2.75, 3.05) is 19.9 Å². The number of carbonyl (C=O) groups is 2. The van der Waals surface area contributed by atoms with Crippen LogP contribution in [-0.2, 0) is 16.0 Å². The number of amides is 2. The standard InChI is InChI=1S/C25H27FN2O4/c26-20-4-2-1-3-19(20)18-9-12-28(15-18)24(30)8-11-25(10-7-23(29)27-25)14-17-5-6-21-22(13-17)32-16-31-21/h1-6,13,18H,7-12,14-16H2,(H,27,29). The Labute approximate surface area is 186 Å². The van der Waals surface area contributed by atoms with Gasteiger partial charge in [0, 0.05) is 37.4 Å². The highest BCUT2D eigenvalue weighted by Crippen LogP contribution is 2.36. The van der Waals surface area contributed by atoms with Gasteiger partial charge in [0.1, 0.15) is 5.82 Å². The van der Waals surface area contributed by atoms with Gasteiger partial charge in [-0.2, -0.15) is 0 Å². The van der Waals surface area contributed by atoms with Crippen LogP contribution in [0.25, 0.3) is 0 Å². The molecule has 0 saturated carbocycles. The summed E-state index contributed by atoms with van der Waals surface area (Å²) in [5.74, 6) is 1.37. The lowest BCUT2D eigenvalue weighted by molar-refractivity contribution is -0.131. The zero-order valence-corrected chi connectivity index (χ0v) is 17.9. The largest absolute Gasteiger partial charge is 0.454 e. The van der Waals surface area contributed by atoms with Crippen LogP contribution in [0.1, 0.15) is 49.1 Å². The number of hydrogen-bond acceptors (Lipinski definition) is 4. The van der Waals surface area contributed by atoms with E-state index in [2.05, 4.69) is 5.32 Å². The second-order valence-electron chi connectivity index (χ2n) is 9.04. The van der Waals surface area contributed by atoms with Crippen molar-refractivity contribution in [1.82, 2.24) is 10.2 Å². The highest BCUT2D eigenvalue weighted by molar-refractivity contribution is 5.80. The summed E-state index contributed by atoms with van der Waals surface area (Å²) < 4.78 is 25.0. The van der Waals surface area contributed by atoms with Crippen LogP contribution in [0.2, 0.25) is 0 Å². The van der Waals surface area contributed by atoms with Crippen molar-refractivity contribution in [2.45, 2.75) is 50.0 Å². The van der Waals surface area contributed by atoms with Crippen LogP contribution in [-0.4, -0.2) is 42.1 Å². The second-order valence-corrected chi connectivity index (χ2v) is 9.04. The van der Waals surface area contributed by atoms with E-state index < -0.39 is 5.54 Å². The first-order chi connectivity index (χ1) is 15.5. The third-order valence-electron chi connectivity index (χ3n) is 6.92. The SMILES string of the molecule is O=C1CCC(CCC(=O)N2CCC(c3ccccc3F)C2)(Cc2ccc3c(c2)OCO3)N1. The first-order valence-corrected chi connectivity index (χ1v) is 11.2. The van der Waals surface area contributed by atoms with E-state index in [-0.39, 0.29) is 30.3 Å². The maximum absolute atomic E-state index is 14.1. The van der Waals surface area contributed by atoms with Gasteiger partial charge in [0.2, 0.25) is 18.6 Å². The van der Waals surface area contributed by atoms with E-state index in [1.807, 2.05) is 35.2 Å². The maximum atomic E-state index is 14.1. The number of likely N-dealkylation sites (tertiary alicyclic amines) is 1. The lowest BCUT2D eigenvalue weighted by Crippen LogP contribution is -2.44. The third kappa shape index (κ3) is 4.16. The molecule has 2 amide bonds. The van der Waals surface area contributed by atoms with Crippen molar-refractivity contribution in [3.05, 3.63) is 59.4 Å². The fourth-order valence-electron chi connectivity index (χ4n) is 5.17.